The molecule has 0 spiro atoms. The van der Waals surface area contributed by atoms with Crippen molar-refractivity contribution in [3.8, 4) is 22.9 Å². The summed E-state index contributed by atoms with van der Waals surface area (Å²) in [7, 11) is -2.92. The minimum atomic E-state index is -2.92. The number of hydrogen-bond donors (Lipinski definition) is 0. The normalized spacial score (nSPS) is 16.3. The first kappa shape index (κ1) is 37.4. The van der Waals surface area contributed by atoms with Crippen LogP contribution in [0.25, 0.3) is 11.3 Å². The molecule has 0 bridgehead atoms. The van der Waals surface area contributed by atoms with Crippen molar-refractivity contribution >= 4 is 29.4 Å². The molecule has 0 radical (unpaired) electrons. The highest BCUT2D eigenvalue weighted by atomic mass is 31.2. The molecule has 1 fully saturated rings. The van der Waals surface area contributed by atoms with Crippen molar-refractivity contribution in [2.75, 3.05) is 6.61 Å². The molecule has 2 aromatic heterocycles. The van der Waals surface area contributed by atoms with Gasteiger partial charge >= 0.3 is 5.97 Å². The number of nitrogens with zero attached hydrogens (tertiary/aromatic N) is 3. The maximum atomic E-state index is 17.0. The van der Waals surface area contributed by atoms with E-state index in [0.29, 0.717) is 48.0 Å². The standard InChI is InChI=1S/C46H43F2N3O4P/c1-4-53-41-26-37(38(47)27-49-41)44-30(3)51-39(28-50-44)40-25-23-32-22-24-36(43(48)45(32)54-40)42(31-20-21-31)29(2)46(52)55-56(33-14-8-5-9-15-33,34-16-10-6-11-17-34)35-18-12-7-13-19-35/h5-19,22,24,26-29,31,40,42H,4,20-21,23,25H2,1-3H3/q+1/t29-,40?,42-/m0/s1. The van der Waals surface area contributed by atoms with E-state index in [-0.39, 0.29) is 23.2 Å². The van der Waals surface area contributed by atoms with E-state index < -0.39 is 37.1 Å². The average Bonchev–Trinajstić information content (AvgIpc) is 4.08. The number of carbonyl (C=O) groups is 1. The zero-order valence-corrected chi connectivity index (χ0v) is 32.5. The summed E-state index contributed by atoms with van der Waals surface area (Å²) in [5.74, 6) is -1.83. The van der Waals surface area contributed by atoms with Crippen LogP contribution in [0.3, 0.4) is 0 Å². The molecule has 0 N–H and O–H groups in total. The number of hydrogen-bond acceptors (Lipinski definition) is 7. The number of ether oxygens (including phenoxy) is 2. The van der Waals surface area contributed by atoms with E-state index in [0.717, 1.165) is 40.5 Å². The zero-order chi connectivity index (χ0) is 38.8. The summed E-state index contributed by atoms with van der Waals surface area (Å²) < 4.78 is 50.6. The van der Waals surface area contributed by atoms with Crippen molar-refractivity contribution in [3.05, 3.63) is 156 Å². The molecule has 6 aromatic rings. The molecule has 2 aliphatic rings. The molecule has 7 nitrogen and oxygen atoms in total. The third-order valence-corrected chi connectivity index (χ3v) is 14.3. The van der Waals surface area contributed by atoms with Gasteiger partial charge in [0.05, 0.1) is 42.0 Å². The molecule has 0 saturated heterocycles. The van der Waals surface area contributed by atoms with Crippen LogP contribution in [0, 0.1) is 30.4 Å². The Morgan fingerprint density at radius 2 is 1.48 bits per heavy atom. The van der Waals surface area contributed by atoms with Gasteiger partial charge in [-0.3, -0.25) is 14.5 Å². The van der Waals surface area contributed by atoms with Gasteiger partial charge in [-0.05, 0) is 93.0 Å². The first-order valence-corrected chi connectivity index (χ1v) is 20.9. The van der Waals surface area contributed by atoms with Crippen LogP contribution in [0.5, 0.6) is 11.6 Å². The summed E-state index contributed by atoms with van der Waals surface area (Å²) in [6, 6.07) is 35.1. The van der Waals surface area contributed by atoms with E-state index in [1.807, 2.05) is 117 Å². The van der Waals surface area contributed by atoms with Crippen LogP contribution in [-0.4, -0.2) is 27.5 Å². The van der Waals surface area contributed by atoms with Crippen LogP contribution in [0.15, 0.2) is 122 Å². The van der Waals surface area contributed by atoms with Crippen molar-refractivity contribution in [3.63, 3.8) is 0 Å². The van der Waals surface area contributed by atoms with Crippen molar-refractivity contribution in [1.82, 2.24) is 15.0 Å². The van der Waals surface area contributed by atoms with Gasteiger partial charge in [0.1, 0.15) is 22.0 Å². The van der Waals surface area contributed by atoms with E-state index in [1.54, 1.807) is 13.1 Å². The SMILES string of the molecule is CCOc1cc(-c2ncc(C3CCc4ccc([C@H](C5CC5)[C@H](C)C(=O)O[P+](c5ccccc5)(c5ccccc5)c5ccccc5)c(F)c4O3)nc2C)c(F)cn1. The maximum Gasteiger partial charge on any atom is 0.355 e. The molecule has 8 rings (SSSR count). The Balaban J connectivity index is 1.10. The first-order chi connectivity index (χ1) is 27.3. The summed E-state index contributed by atoms with van der Waals surface area (Å²) in [4.78, 5) is 28.0. The number of fused-ring (bicyclic) bond motifs is 1. The number of benzene rings is 4. The predicted molar refractivity (Wildman–Crippen MR) is 215 cm³/mol. The quantitative estimate of drug-likeness (QED) is 0.115. The molecule has 1 unspecified atom stereocenters. The fourth-order valence-corrected chi connectivity index (χ4v) is 11.3. The molecule has 0 amide bonds. The van der Waals surface area contributed by atoms with Gasteiger partial charge < -0.3 is 9.47 Å². The monoisotopic (exact) mass is 770 g/mol. The lowest BCUT2D eigenvalue weighted by molar-refractivity contribution is -0.138. The van der Waals surface area contributed by atoms with Crippen LogP contribution in [-0.2, 0) is 15.7 Å². The number of aryl methyl sites for hydroxylation is 2. The van der Waals surface area contributed by atoms with Gasteiger partial charge in [0.25, 0.3) is 7.49 Å². The second-order valence-electron chi connectivity index (χ2n) is 14.4. The lowest BCUT2D eigenvalue weighted by Gasteiger charge is -2.30. The maximum absolute atomic E-state index is 17.0. The Kier molecular flexibility index (Phi) is 10.6. The topological polar surface area (TPSA) is 83.4 Å². The summed E-state index contributed by atoms with van der Waals surface area (Å²) in [5, 5.41) is 2.77. The lowest BCUT2D eigenvalue weighted by atomic mass is 9.82. The largest absolute Gasteiger partial charge is 0.481 e. The lowest BCUT2D eigenvalue weighted by Crippen LogP contribution is -2.36. The van der Waals surface area contributed by atoms with Gasteiger partial charge in [0.15, 0.2) is 17.4 Å². The number of rotatable bonds is 12. The van der Waals surface area contributed by atoms with Crippen molar-refractivity contribution in [2.45, 2.75) is 58.5 Å². The Morgan fingerprint density at radius 1 is 0.857 bits per heavy atom. The van der Waals surface area contributed by atoms with Crippen LogP contribution < -0.4 is 25.4 Å². The molecule has 3 atom stereocenters. The van der Waals surface area contributed by atoms with Crippen LogP contribution in [0.4, 0.5) is 8.78 Å². The number of pyridine rings is 1. The van der Waals surface area contributed by atoms with Crippen LogP contribution >= 0.6 is 7.49 Å². The highest BCUT2D eigenvalue weighted by Gasteiger charge is 2.53. The third kappa shape index (κ3) is 7.16. The molecule has 10 heteroatoms. The van der Waals surface area contributed by atoms with Crippen molar-refractivity contribution < 1.29 is 27.6 Å². The van der Waals surface area contributed by atoms with Gasteiger partial charge in [-0.2, -0.15) is 0 Å². The number of halogens is 2. The summed E-state index contributed by atoms with van der Waals surface area (Å²) >= 11 is 0. The molecule has 284 valence electrons. The zero-order valence-electron chi connectivity index (χ0n) is 31.6. The minimum Gasteiger partial charge on any atom is -0.481 e. The van der Waals surface area contributed by atoms with Gasteiger partial charge in [0.2, 0.25) is 5.88 Å². The van der Waals surface area contributed by atoms with E-state index in [4.69, 9.17) is 19.0 Å². The van der Waals surface area contributed by atoms with Crippen molar-refractivity contribution in [1.29, 1.82) is 0 Å². The summed E-state index contributed by atoms with van der Waals surface area (Å²) in [6.07, 6.45) is 5.03. The molecule has 1 aliphatic heterocycles. The van der Waals surface area contributed by atoms with E-state index >= 15 is 4.39 Å². The number of carbonyl (C=O) groups excluding carboxylic acids is 1. The first-order valence-electron chi connectivity index (χ1n) is 19.2. The Bertz CT molecular complexity index is 2250. The second kappa shape index (κ2) is 15.9. The van der Waals surface area contributed by atoms with Crippen molar-refractivity contribution in [2.24, 2.45) is 11.8 Å². The minimum absolute atomic E-state index is 0.125. The van der Waals surface area contributed by atoms with Gasteiger partial charge in [-0.15, -0.1) is 0 Å². The van der Waals surface area contributed by atoms with Gasteiger partial charge in [0, 0.05) is 17.5 Å². The van der Waals surface area contributed by atoms with E-state index in [1.165, 1.54) is 6.07 Å². The van der Waals surface area contributed by atoms with Crippen LogP contribution in [0.1, 0.15) is 67.6 Å². The third-order valence-electron chi connectivity index (χ3n) is 10.8. The molecule has 1 aliphatic carbocycles. The predicted octanol–water partition coefficient (Wildman–Crippen LogP) is 9.17. The number of aromatic nitrogens is 3. The highest BCUT2D eigenvalue weighted by molar-refractivity contribution is 7.92. The molecular formula is C46H43F2N3O4P+. The smallest absolute Gasteiger partial charge is 0.355 e. The Morgan fingerprint density at radius 3 is 2.05 bits per heavy atom. The molecule has 56 heavy (non-hydrogen) atoms. The fourth-order valence-electron chi connectivity index (χ4n) is 7.91. The molecule has 3 heterocycles. The average molecular weight is 771 g/mol. The van der Waals surface area contributed by atoms with Gasteiger partial charge in [-0.1, -0.05) is 73.7 Å². The second-order valence-corrected chi connectivity index (χ2v) is 17.4. The van der Waals surface area contributed by atoms with E-state index in [2.05, 4.69) is 9.97 Å². The molecular weight excluding hydrogens is 727 g/mol. The van der Waals surface area contributed by atoms with Gasteiger partial charge in [-0.25, -0.2) is 18.6 Å². The van der Waals surface area contributed by atoms with Crippen LogP contribution in [0.2, 0.25) is 0 Å². The fraction of sp³-hybridized carbons (Fsp3) is 0.261. The summed E-state index contributed by atoms with van der Waals surface area (Å²) in [6.45, 7) is 5.85. The molecule has 1 saturated carbocycles. The Labute approximate surface area is 326 Å². The summed E-state index contributed by atoms with van der Waals surface area (Å²) in [5.41, 5.74) is 2.85. The highest BCUT2D eigenvalue weighted by Crippen LogP contribution is 2.58. The van der Waals surface area contributed by atoms with E-state index in [9.17, 15) is 9.18 Å². The Hall–Kier alpha value is -5.53. The molecule has 4 aromatic carbocycles.